The van der Waals surface area contributed by atoms with Crippen molar-refractivity contribution >= 4 is 17.5 Å². The molecule has 25 heavy (non-hydrogen) atoms. The fourth-order valence-corrected chi connectivity index (χ4v) is 3.06. The summed E-state index contributed by atoms with van der Waals surface area (Å²) in [5, 5.41) is 0. The second kappa shape index (κ2) is 7.34. The van der Waals surface area contributed by atoms with E-state index >= 15 is 0 Å². The van der Waals surface area contributed by atoms with Crippen LogP contribution in [0.25, 0.3) is 0 Å². The summed E-state index contributed by atoms with van der Waals surface area (Å²) in [4.78, 5) is 37.2. The Morgan fingerprint density at radius 1 is 1.20 bits per heavy atom. The van der Waals surface area contributed by atoms with E-state index < -0.39 is 17.0 Å². The van der Waals surface area contributed by atoms with Gasteiger partial charge in [0, 0.05) is 12.0 Å². The van der Waals surface area contributed by atoms with Crippen LogP contribution in [0, 0.1) is 5.41 Å². The minimum atomic E-state index is -1.21. The smallest absolute Gasteiger partial charge is 0.320 e. The fraction of sp³-hybridized carbons (Fsp3) is 0.476. The number of carbonyl (C=O) groups excluding carboxylic acids is 3. The van der Waals surface area contributed by atoms with Crippen LogP contribution in [-0.4, -0.2) is 23.1 Å². The topological polar surface area (TPSA) is 60.4 Å². The average molecular weight is 342 g/mol. The molecule has 0 spiro atoms. The van der Waals surface area contributed by atoms with Crippen molar-refractivity contribution in [3.05, 3.63) is 47.5 Å². The number of hydrogen-bond donors (Lipinski definition) is 0. The average Bonchev–Trinajstić information content (AvgIpc) is 2.52. The number of ketones is 2. The number of benzene rings is 1. The molecule has 0 unspecified atom stereocenters. The van der Waals surface area contributed by atoms with Gasteiger partial charge in [0.25, 0.3) is 0 Å². The molecule has 0 N–H and O–H groups in total. The molecule has 4 heteroatoms. The molecule has 0 amide bonds. The summed E-state index contributed by atoms with van der Waals surface area (Å²) in [6.45, 7) is 6.90. The first-order chi connectivity index (χ1) is 11.7. The number of fused-ring (bicyclic) bond motifs is 1. The molecule has 0 aromatic heterocycles. The van der Waals surface area contributed by atoms with Gasteiger partial charge in [-0.3, -0.25) is 14.4 Å². The lowest BCUT2D eigenvalue weighted by molar-refractivity contribution is -0.164. The van der Waals surface area contributed by atoms with E-state index in [-0.39, 0.29) is 18.0 Å². The molecule has 2 rings (SSSR count). The second-order valence-corrected chi connectivity index (χ2v) is 7.65. The molecule has 1 aliphatic rings. The summed E-state index contributed by atoms with van der Waals surface area (Å²) >= 11 is 0. The summed E-state index contributed by atoms with van der Waals surface area (Å²) < 4.78 is 5.58. The van der Waals surface area contributed by atoms with Crippen LogP contribution < -0.4 is 0 Å². The van der Waals surface area contributed by atoms with Crippen LogP contribution in [0.4, 0.5) is 0 Å². The van der Waals surface area contributed by atoms with Gasteiger partial charge in [-0.1, -0.05) is 36.4 Å². The highest BCUT2D eigenvalue weighted by molar-refractivity contribution is 6.14. The monoisotopic (exact) mass is 342 g/mol. The van der Waals surface area contributed by atoms with Gasteiger partial charge >= 0.3 is 5.97 Å². The third kappa shape index (κ3) is 4.44. The predicted octanol–water partition coefficient (Wildman–Crippen LogP) is 4.07. The highest BCUT2D eigenvalue weighted by Crippen LogP contribution is 2.40. The maximum Gasteiger partial charge on any atom is 0.320 e. The lowest BCUT2D eigenvalue weighted by Gasteiger charge is -2.36. The Labute approximate surface area is 149 Å². The number of Topliss-reactive ketones (excluding diaryl/α,β-unsaturated/α-hetero) is 2. The Bertz CT molecular complexity index is 709. The molecule has 0 heterocycles. The molecule has 134 valence electrons. The van der Waals surface area contributed by atoms with Crippen molar-refractivity contribution in [2.45, 2.75) is 59.0 Å². The van der Waals surface area contributed by atoms with E-state index in [1.165, 1.54) is 6.92 Å². The van der Waals surface area contributed by atoms with Gasteiger partial charge in [-0.05, 0) is 52.5 Å². The highest BCUT2D eigenvalue weighted by Gasteiger charge is 2.50. The van der Waals surface area contributed by atoms with Gasteiger partial charge in [0.1, 0.15) is 16.8 Å². The fourth-order valence-electron chi connectivity index (χ4n) is 3.06. The molecule has 0 aliphatic heterocycles. The van der Waals surface area contributed by atoms with Crippen molar-refractivity contribution in [1.29, 1.82) is 0 Å². The van der Waals surface area contributed by atoms with E-state index in [0.717, 1.165) is 5.56 Å². The largest absolute Gasteiger partial charge is 0.459 e. The number of carbonyl (C=O) groups is 3. The van der Waals surface area contributed by atoms with Crippen molar-refractivity contribution < 1.29 is 19.1 Å². The van der Waals surface area contributed by atoms with Crippen molar-refractivity contribution in [2.75, 3.05) is 0 Å². The molecular weight excluding hydrogens is 316 g/mol. The first-order valence-corrected chi connectivity index (χ1v) is 8.66. The van der Waals surface area contributed by atoms with E-state index in [9.17, 15) is 14.4 Å². The third-order valence-corrected chi connectivity index (χ3v) is 4.35. The number of ether oxygens (including phenoxy) is 1. The standard InChI is InChI=1S/C21H26O4/c1-15(22)9-7-8-13-21(19(24)25-20(2,3)4)14-12-16-10-5-6-11-17(16)18(21)23/h5-8,10-11H,9,12-14H2,1-4H3/b8-7-/t21-/m1/s1. The molecule has 1 aromatic rings. The molecule has 1 aromatic carbocycles. The first-order valence-electron chi connectivity index (χ1n) is 8.66. The van der Waals surface area contributed by atoms with Crippen LogP contribution in [0.1, 0.15) is 62.9 Å². The zero-order valence-electron chi connectivity index (χ0n) is 15.4. The van der Waals surface area contributed by atoms with Crippen LogP contribution in [0.15, 0.2) is 36.4 Å². The molecule has 0 bridgehead atoms. The molecule has 0 saturated carbocycles. The summed E-state index contributed by atoms with van der Waals surface area (Å²) in [5.74, 6) is -0.620. The molecule has 1 aliphatic carbocycles. The zero-order valence-corrected chi connectivity index (χ0v) is 15.4. The summed E-state index contributed by atoms with van der Waals surface area (Å²) in [5.41, 5.74) is -0.307. The van der Waals surface area contributed by atoms with Crippen LogP contribution in [0.2, 0.25) is 0 Å². The van der Waals surface area contributed by atoms with E-state index in [4.69, 9.17) is 4.74 Å². The summed E-state index contributed by atoms with van der Waals surface area (Å²) in [6, 6.07) is 7.42. The van der Waals surface area contributed by atoms with Crippen LogP contribution >= 0.6 is 0 Å². The second-order valence-electron chi connectivity index (χ2n) is 7.65. The van der Waals surface area contributed by atoms with Gasteiger partial charge in [-0.15, -0.1) is 0 Å². The number of hydrogen-bond acceptors (Lipinski definition) is 4. The Balaban J connectivity index is 2.36. The number of esters is 1. The Morgan fingerprint density at radius 3 is 2.52 bits per heavy atom. The minimum Gasteiger partial charge on any atom is -0.459 e. The van der Waals surface area contributed by atoms with Gasteiger partial charge in [-0.2, -0.15) is 0 Å². The van der Waals surface area contributed by atoms with Crippen molar-refractivity contribution in [2.24, 2.45) is 5.41 Å². The number of aryl methyl sites for hydroxylation is 1. The lowest BCUT2D eigenvalue weighted by Crippen LogP contribution is -2.46. The molecule has 0 saturated heterocycles. The quantitative estimate of drug-likeness (QED) is 0.460. The number of rotatable bonds is 5. The van der Waals surface area contributed by atoms with E-state index in [1.54, 1.807) is 39.0 Å². The molecule has 1 atom stereocenters. The highest BCUT2D eigenvalue weighted by atomic mass is 16.6. The van der Waals surface area contributed by atoms with Crippen molar-refractivity contribution in [3.8, 4) is 0 Å². The van der Waals surface area contributed by atoms with E-state index in [0.29, 0.717) is 24.8 Å². The normalized spacial score (nSPS) is 20.4. The Morgan fingerprint density at radius 2 is 1.88 bits per heavy atom. The van der Waals surface area contributed by atoms with Gasteiger partial charge in [0.05, 0.1) is 0 Å². The third-order valence-electron chi connectivity index (χ3n) is 4.35. The molecule has 0 fully saturated rings. The van der Waals surface area contributed by atoms with Gasteiger partial charge in [0.15, 0.2) is 5.78 Å². The molecule has 4 nitrogen and oxygen atoms in total. The summed E-state index contributed by atoms with van der Waals surface area (Å²) in [6.07, 6.45) is 5.11. The van der Waals surface area contributed by atoms with Gasteiger partial charge in [-0.25, -0.2) is 0 Å². The summed E-state index contributed by atoms with van der Waals surface area (Å²) in [7, 11) is 0. The maximum atomic E-state index is 13.2. The lowest BCUT2D eigenvalue weighted by atomic mass is 9.68. The van der Waals surface area contributed by atoms with E-state index in [1.807, 2.05) is 18.2 Å². The van der Waals surface area contributed by atoms with Crippen molar-refractivity contribution in [3.63, 3.8) is 0 Å². The van der Waals surface area contributed by atoms with Gasteiger partial charge < -0.3 is 4.74 Å². The minimum absolute atomic E-state index is 0.0443. The maximum absolute atomic E-state index is 13.2. The predicted molar refractivity (Wildman–Crippen MR) is 96.4 cm³/mol. The Hall–Kier alpha value is -2.23. The molecule has 0 radical (unpaired) electrons. The van der Waals surface area contributed by atoms with Crippen LogP contribution in [0.3, 0.4) is 0 Å². The number of allylic oxidation sites excluding steroid dienone is 2. The molecular formula is C21H26O4. The zero-order chi connectivity index (χ0) is 18.7. The van der Waals surface area contributed by atoms with Crippen LogP contribution in [0.5, 0.6) is 0 Å². The van der Waals surface area contributed by atoms with Crippen molar-refractivity contribution in [1.82, 2.24) is 0 Å². The first kappa shape index (κ1) is 19.1. The Kier molecular flexibility index (Phi) is 5.61. The van der Waals surface area contributed by atoms with Gasteiger partial charge in [0.2, 0.25) is 0 Å². The SMILES string of the molecule is CC(=O)C/C=C\C[C@@]1(C(=O)OC(C)(C)C)CCc2ccccc2C1=O. The van der Waals surface area contributed by atoms with Crippen LogP contribution in [-0.2, 0) is 20.7 Å². The van der Waals surface area contributed by atoms with E-state index in [2.05, 4.69) is 0 Å².